The standard InChI is InChI=1S/C13H16N2O2S2/c1-3-13(2,8-16)15-11(17)10-7-19-12(14-10)9-4-5-18-6-9/h4-7,16H,3,8H2,1-2H3,(H,15,17). The van der Waals surface area contributed by atoms with E-state index in [-0.39, 0.29) is 12.5 Å². The molecule has 0 saturated carbocycles. The van der Waals surface area contributed by atoms with Crippen molar-refractivity contribution in [3.63, 3.8) is 0 Å². The number of nitrogens with zero attached hydrogens (tertiary/aromatic N) is 1. The van der Waals surface area contributed by atoms with Crippen molar-refractivity contribution in [3.8, 4) is 10.6 Å². The Labute approximate surface area is 120 Å². The first-order chi connectivity index (χ1) is 9.08. The van der Waals surface area contributed by atoms with E-state index in [1.165, 1.54) is 11.3 Å². The molecule has 0 radical (unpaired) electrons. The van der Waals surface area contributed by atoms with Crippen LogP contribution in [0, 0.1) is 0 Å². The van der Waals surface area contributed by atoms with E-state index >= 15 is 0 Å². The van der Waals surface area contributed by atoms with E-state index in [4.69, 9.17) is 0 Å². The molecule has 2 aromatic heterocycles. The predicted octanol–water partition coefficient (Wildman–Crippen LogP) is 2.76. The average molecular weight is 296 g/mol. The van der Waals surface area contributed by atoms with Gasteiger partial charge in [-0.25, -0.2) is 4.98 Å². The van der Waals surface area contributed by atoms with Gasteiger partial charge < -0.3 is 10.4 Å². The van der Waals surface area contributed by atoms with Crippen LogP contribution >= 0.6 is 22.7 Å². The first-order valence-corrected chi connectivity index (χ1v) is 7.81. The Morgan fingerprint density at radius 2 is 2.32 bits per heavy atom. The summed E-state index contributed by atoms with van der Waals surface area (Å²) in [4.78, 5) is 16.4. The predicted molar refractivity (Wildman–Crippen MR) is 78.7 cm³/mol. The van der Waals surface area contributed by atoms with Gasteiger partial charge in [-0.05, 0) is 24.8 Å². The molecule has 1 atom stereocenters. The van der Waals surface area contributed by atoms with Gasteiger partial charge in [0.25, 0.3) is 5.91 Å². The molecule has 0 aliphatic heterocycles. The molecule has 2 aromatic rings. The number of aliphatic hydroxyl groups is 1. The Morgan fingerprint density at radius 3 is 2.89 bits per heavy atom. The fourth-order valence-electron chi connectivity index (χ4n) is 1.47. The van der Waals surface area contributed by atoms with Gasteiger partial charge in [0.1, 0.15) is 10.7 Å². The largest absolute Gasteiger partial charge is 0.394 e. The molecule has 1 amide bonds. The highest BCUT2D eigenvalue weighted by Crippen LogP contribution is 2.25. The van der Waals surface area contributed by atoms with E-state index in [1.807, 2.05) is 30.7 Å². The highest BCUT2D eigenvalue weighted by molar-refractivity contribution is 7.14. The van der Waals surface area contributed by atoms with Crippen molar-refractivity contribution in [1.82, 2.24) is 10.3 Å². The summed E-state index contributed by atoms with van der Waals surface area (Å²) < 4.78 is 0. The van der Waals surface area contributed by atoms with Crippen molar-refractivity contribution in [2.45, 2.75) is 25.8 Å². The lowest BCUT2D eigenvalue weighted by molar-refractivity contribution is 0.0843. The number of hydrogen-bond acceptors (Lipinski definition) is 5. The minimum atomic E-state index is -0.594. The molecule has 2 rings (SSSR count). The maximum Gasteiger partial charge on any atom is 0.271 e. The SMILES string of the molecule is CCC(C)(CO)NC(=O)c1csc(-c2ccsc2)n1. The van der Waals surface area contributed by atoms with Crippen molar-refractivity contribution < 1.29 is 9.90 Å². The van der Waals surface area contributed by atoms with Gasteiger partial charge in [-0.3, -0.25) is 4.79 Å². The summed E-state index contributed by atoms with van der Waals surface area (Å²) in [5.41, 5.74) is 0.845. The molecule has 0 bridgehead atoms. The van der Waals surface area contributed by atoms with E-state index < -0.39 is 5.54 Å². The van der Waals surface area contributed by atoms with Crippen LogP contribution in [0.15, 0.2) is 22.2 Å². The number of thiophene rings is 1. The van der Waals surface area contributed by atoms with Crippen LogP contribution in [0.25, 0.3) is 10.6 Å². The number of amides is 1. The zero-order valence-corrected chi connectivity index (χ0v) is 12.5. The Kier molecular flexibility index (Phi) is 4.34. The summed E-state index contributed by atoms with van der Waals surface area (Å²) in [5, 5.41) is 18.7. The van der Waals surface area contributed by atoms with Gasteiger partial charge in [0.05, 0.1) is 12.1 Å². The minimum Gasteiger partial charge on any atom is -0.394 e. The van der Waals surface area contributed by atoms with Crippen molar-refractivity contribution in [3.05, 3.63) is 27.9 Å². The van der Waals surface area contributed by atoms with E-state index in [1.54, 1.807) is 16.7 Å². The Hall–Kier alpha value is -1.24. The third kappa shape index (κ3) is 3.20. The first-order valence-electron chi connectivity index (χ1n) is 5.99. The number of aliphatic hydroxyl groups excluding tert-OH is 1. The molecule has 0 aliphatic rings. The number of thiazole rings is 1. The third-order valence-electron chi connectivity index (χ3n) is 3.05. The number of rotatable bonds is 5. The molecule has 0 spiro atoms. The lowest BCUT2D eigenvalue weighted by Gasteiger charge is -2.26. The monoisotopic (exact) mass is 296 g/mol. The van der Waals surface area contributed by atoms with Crippen LogP contribution in [0.1, 0.15) is 30.8 Å². The van der Waals surface area contributed by atoms with Crippen LogP contribution in [0.2, 0.25) is 0 Å². The van der Waals surface area contributed by atoms with Gasteiger partial charge in [0, 0.05) is 16.3 Å². The molecule has 2 heterocycles. The normalized spacial score (nSPS) is 14.1. The van der Waals surface area contributed by atoms with Crippen molar-refractivity contribution in [2.24, 2.45) is 0 Å². The lowest BCUT2D eigenvalue weighted by atomic mass is 10.0. The highest BCUT2D eigenvalue weighted by atomic mass is 32.1. The molecule has 0 aliphatic carbocycles. The van der Waals surface area contributed by atoms with Crippen LogP contribution in [-0.2, 0) is 0 Å². The third-order valence-corrected chi connectivity index (χ3v) is 4.62. The maximum absolute atomic E-state index is 12.1. The summed E-state index contributed by atoms with van der Waals surface area (Å²) in [5.74, 6) is -0.240. The number of hydrogen-bond donors (Lipinski definition) is 2. The molecule has 0 fully saturated rings. The molecule has 2 N–H and O–H groups in total. The van der Waals surface area contributed by atoms with Gasteiger partial charge in [-0.1, -0.05) is 6.92 Å². The Balaban J connectivity index is 2.13. The van der Waals surface area contributed by atoms with Gasteiger partial charge in [0.2, 0.25) is 0 Å². The van der Waals surface area contributed by atoms with Crippen LogP contribution in [-0.4, -0.2) is 28.1 Å². The number of nitrogens with one attached hydrogen (secondary N) is 1. The molecule has 19 heavy (non-hydrogen) atoms. The lowest BCUT2D eigenvalue weighted by Crippen LogP contribution is -2.48. The average Bonchev–Trinajstić information content (AvgIpc) is 3.08. The zero-order chi connectivity index (χ0) is 13.9. The molecular weight excluding hydrogens is 280 g/mol. The summed E-state index contributed by atoms with van der Waals surface area (Å²) in [7, 11) is 0. The van der Waals surface area contributed by atoms with Gasteiger partial charge in [0.15, 0.2) is 0 Å². The van der Waals surface area contributed by atoms with E-state index in [0.29, 0.717) is 12.1 Å². The molecule has 4 nitrogen and oxygen atoms in total. The fraction of sp³-hybridized carbons (Fsp3) is 0.385. The van der Waals surface area contributed by atoms with Crippen LogP contribution < -0.4 is 5.32 Å². The quantitative estimate of drug-likeness (QED) is 0.892. The Morgan fingerprint density at radius 1 is 1.53 bits per heavy atom. The van der Waals surface area contributed by atoms with Crippen molar-refractivity contribution in [2.75, 3.05) is 6.61 Å². The summed E-state index contributed by atoms with van der Waals surface area (Å²) in [6.45, 7) is 3.65. The number of carbonyl (C=O) groups is 1. The van der Waals surface area contributed by atoms with Gasteiger partial charge in [-0.2, -0.15) is 11.3 Å². The maximum atomic E-state index is 12.1. The highest BCUT2D eigenvalue weighted by Gasteiger charge is 2.25. The summed E-state index contributed by atoms with van der Waals surface area (Å²) in [6.07, 6.45) is 0.663. The van der Waals surface area contributed by atoms with E-state index in [9.17, 15) is 9.90 Å². The number of carbonyl (C=O) groups excluding carboxylic acids is 1. The summed E-state index contributed by atoms with van der Waals surface area (Å²) >= 11 is 3.05. The second kappa shape index (κ2) is 5.81. The molecule has 6 heteroatoms. The first kappa shape index (κ1) is 14.2. The molecule has 0 aromatic carbocycles. The zero-order valence-electron chi connectivity index (χ0n) is 10.8. The van der Waals surface area contributed by atoms with Crippen LogP contribution in [0.3, 0.4) is 0 Å². The molecular formula is C13H16N2O2S2. The van der Waals surface area contributed by atoms with Crippen LogP contribution in [0.5, 0.6) is 0 Å². The number of aromatic nitrogens is 1. The second-order valence-corrected chi connectivity index (χ2v) is 6.21. The van der Waals surface area contributed by atoms with Crippen molar-refractivity contribution >= 4 is 28.6 Å². The minimum absolute atomic E-state index is 0.0865. The van der Waals surface area contributed by atoms with Crippen molar-refractivity contribution in [1.29, 1.82) is 0 Å². The molecule has 1 unspecified atom stereocenters. The topological polar surface area (TPSA) is 62.2 Å². The Bertz CT molecular complexity index is 545. The van der Waals surface area contributed by atoms with E-state index in [0.717, 1.165) is 10.6 Å². The van der Waals surface area contributed by atoms with E-state index in [2.05, 4.69) is 10.3 Å². The molecule has 102 valence electrons. The fourth-order valence-corrected chi connectivity index (χ4v) is 2.99. The molecule has 0 saturated heterocycles. The smallest absolute Gasteiger partial charge is 0.271 e. The second-order valence-electron chi connectivity index (χ2n) is 4.58. The van der Waals surface area contributed by atoms with Crippen LogP contribution in [0.4, 0.5) is 0 Å². The van der Waals surface area contributed by atoms with Gasteiger partial charge >= 0.3 is 0 Å². The van der Waals surface area contributed by atoms with Gasteiger partial charge in [-0.15, -0.1) is 11.3 Å². The summed E-state index contributed by atoms with van der Waals surface area (Å²) in [6, 6.07) is 1.98.